The number of hydrogen-bond acceptors (Lipinski definition) is 21. The van der Waals surface area contributed by atoms with Gasteiger partial charge in [0.15, 0.2) is 17.4 Å². The van der Waals surface area contributed by atoms with Crippen LogP contribution in [0, 0.1) is 5.92 Å². The molecule has 7 N–H and O–H groups in total. The van der Waals surface area contributed by atoms with Crippen molar-refractivity contribution in [3.05, 3.63) is 198 Å². The van der Waals surface area contributed by atoms with E-state index in [9.17, 15) is 33.6 Å². The van der Waals surface area contributed by atoms with Crippen molar-refractivity contribution in [2.75, 3.05) is 69.0 Å². The highest BCUT2D eigenvalue weighted by Gasteiger charge is 2.25. The molecule has 5 amide bonds. The van der Waals surface area contributed by atoms with Gasteiger partial charge in [0.25, 0.3) is 17.4 Å². The molecule has 14 rings (SSSR count). The second-order valence-electron chi connectivity index (χ2n) is 25.0. The van der Waals surface area contributed by atoms with Crippen LogP contribution in [0.4, 0.5) is 32.2 Å². The van der Waals surface area contributed by atoms with Gasteiger partial charge < -0.3 is 58.0 Å². The number of ether oxygens (including phenoxy) is 3. The molecular weight excluding hydrogens is 1370 g/mol. The zero-order chi connectivity index (χ0) is 75.3. The molecule has 546 valence electrons. The first-order valence-corrected chi connectivity index (χ1v) is 34.3. The van der Waals surface area contributed by atoms with Gasteiger partial charge in [-0.05, 0) is 124 Å². The summed E-state index contributed by atoms with van der Waals surface area (Å²) < 4.78 is 19.8. The highest BCUT2D eigenvalue weighted by Crippen LogP contribution is 2.35. The van der Waals surface area contributed by atoms with Crippen LogP contribution in [-0.4, -0.2) is 177 Å². The van der Waals surface area contributed by atoms with Crippen molar-refractivity contribution < 1.29 is 43.0 Å². The van der Waals surface area contributed by atoms with Gasteiger partial charge >= 0.3 is 18.3 Å². The van der Waals surface area contributed by atoms with Gasteiger partial charge in [-0.15, -0.1) is 0 Å². The molecule has 1 aliphatic rings. The van der Waals surface area contributed by atoms with Crippen LogP contribution >= 0.6 is 0 Å². The van der Waals surface area contributed by atoms with Crippen molar-refractivity contribution in [2.45, 2.75) is 54.0 Å². The molecule has 0 unspecified atom stereocenters. The Morgan fingerprint density at radius 1 is 0.533 bits per heavy atom. The molecule has 32 heteroatoms. The first-order valence-electron chi connectivity index (χ1n) is 34.3. The highest BCUT2D eigenvalue weighted by molar-refractivity contribution is 6.00. The predicted octanol–water partition coefficient (Wildman–Crippen LogP) is 11.2. The lowest BCUT2D eigenvalue weighted by atomic mass is 10.00. The van der Waals surface area contributed by atoms with Gasteiger partial charge in [-0.1, -0.05) is 44.2 Å². The topological polar surface area (TPSA) is 393 Å². The third-order valence-corrected chi connectivity index (χ3v) is 16.9. The maximum absolute atomic E-state index is 13.0. The maximum Gasteiger partial charge on any atom is 0.413 e. The minimum Gasteiger partial charge on any atom is -0.450 e. The molecule has 107 heavy (non-hydrogen) atoms. The number of piperazine rings is 1. The van der Waals surface area contributed by atoms with Crippen molar-refractivity contribution in [3.8, 4) is 56.5 Å². The Hall–Kier alpha value is -13.7. The lowest BCUT2D eigenvalue weighted by Gasteiger charge is -2.32. The Labute approximate surface area is 611 Å². The van der Waals surface area contributed by atoms with Gasteiger partial charge in [0, 0.05) is 123 Å². The summed E-state index contributed by atoms with van der Waals surface area (Å²) in [5, 5.41) is 10.7. The van der Waals surface area contributed by atoms with Crippen LogP contribution in [0.25, 0.3) is 89.6 Å². The number of imidazole rings is 5. The molecule has 9 aromatic heterocycles. The number of anilines is 3. The lowest BCUT2D eigenvalue weighted by molar-refractivity contribution is 0.0663. The third kappa shape index (κ3) is 17.7. The number of nitrogens with one attached hydrogen (secondary N) is 7. The van der Waals surface area contributed by atoms with E-state index in [1.54, 1.807) is 130 Å². The number of rotatable bonds is 19. The Morgan fingerprint density at radius 3 is 1.53 bits per heavy atom. The molecule has 1 saturated heterocycles. The van der Waals surface area contributed by atoms with Crippen molar-refractivity contribution in [2.24, 2.45) is 13.0 Å². The molecule has 4 aromatic carbocycles. The van der Waals surface area contributed by atoms with Gasteiger partial charge in [0.1, 0.15) is 35.1 Å². The first kappa shape index (κ1) is 73.1. The smallest absolute Gasteiger partial charge is 0.413 e. The number of ketones is 1. The van der Waals surface area contributed by atoms with Crippen molar-refractivity contribution >= 4 is 86.8 Å². The van der Waals surface area contributed by atoms with E-state index in [1.807, 2.05) is 106 Å². The zero-order valence-electron chi connectivity index (χ0n) is 59.7. The van der Waals surface area contributed by atoms with Crippen molar-refractivity contribution in [1.29, 1.82) is 0 Å². The summed E-state index contributed by atoms with van der Waals surface area (Å²) in [5.41, 5.74) is 11.2. The lowest BCUT2D eigenvalue weighted by Crippen LogP contribution is -2.47. The minimum atomic E-state index is -0.621. The van der Waals surface area contributed by atoms with Gasteiger partial charge in [0.05, 0.1) is 59.2 Å². The van der Waals surface area contributed by atoms with Gasteiger partial charge in [-0.2, -0.15) is 0 Å². The average molecular weight is 1450 g/mol. The number of hydrogen-bond donors (Lipinski definition) is 7. The second kappa shape index (κ2) is 33.2. The van der Waals surface area contributed by atoms with E-state index in [2.05, 4.69) is 91.0 Å². The summed E-state index contributed by atoms with van der Waals surface area (Å²) in [6.45, 7) is 14.8. The summed E-state index contributed by atoms with van der Waals surface area (Å²) in [7, 11) is 3.74. The summed E-state index contributed by atoms with van der Waals surface area (Å²) in [6, 6.07) is 31.1. The molecule has 0 aliphatic carbocycles. The molecule has 0 saturated carbocycles. The van der Waals surface area contributed by atoms with Crippen molar-refractivity contribution in [1.82, 2.24) is 93.6 Å². The number of fused-ring (bicyclic) bond motifs is 3. The fourth-order valence-electron chi connectivity index (χ4n) is 11.5. The van der Waals surface area contributed by atoms with E-state index in [4.69, 9.17) is 14.2 Å². The SMILES string of the molecule is CCOC(=O)Nc1nc2c(-c3ccc(C(=O)N4CCN(C)CC4)cn3)cc(-c3ccn(C)c(=O)c3)cc2[nH]1.CCOC(=O)Nc1nc2c(-c3ncccn3)cc(-n3cnc(C(=O)CC(C)C)c3)cc2[nH]1.CCOC(=O)Nc1nc2c(-c3ncccn3)cc(-n3cnc(C(=O)N[C@@H](C)c4ccccc4)c3)cc2[nH]1. The number of aryl methyl sites for hydroxylation is 1. The largest absolute Gasteiger partial charge is 0.450 e. The third-order valence-electron chi connectivity index (χ3n) is 16.9. The van der Waals surface area contributed by atoms with Crippen LogP contribution < -0.4 is 26.8 Å². The van der Waals surface area contributed by atoms with Gasteiger partial charge in [0.2, 0.25) is 17.8 Å². The average Bonchev–Trinajstić information content (AvgIpc) is 1.65. The Balaban J connectivity index is 0.000000151. The van der Waals surface area contributed by atoms with Gasteiger partial charge in [-0.25, -0.2) is 59.2 Å². The Bertz CT molecular complexity index is 5410. The molecular formula is C75H76N22O10. The van der Waals surface area contributed by atoms with E-state index >= 15 is 0 Å². The van der Waals surface area contributed by atoms with E-state index in [0.717, 1.165) is 35.5 Å². The van der Waals surface area contributed by atoms with Crippen LogP contribution in [0.5, 0.6) is 0 Å². The van der Waals surface area contributed by atoms with E-state index in [1.165, 1.54) is 4.57 Å². The maximum atomic E-state index is 13.0. The van der Waals surface area contributed by atoms with Crippen LogP contribution in [-0.2, 0) is 21.3 Å². The number of aromatic nitrogens is 16. The minimum absolute atomic E-state index is 0.00564. The first-order chi connectivity index (χ1) is 51.8. The molecule has 10 heterocycles. The quantitative estimate of drug-likeness (QED) is 0.0292. The molecule has 1 fully saturated rings. The number of carbonyl (C=O) groups excluding carboxylic acids is 6. The predicted molar refractivity (Wildman–Crippen MR) is 400 cm³/mol. The molecule has 13 aromatic rings. The number of likely N-dealkylation sites (N-methyl/N-ethyl adjacent to an activating group) is 1. The molecule has 1 aliphatic heterocycles. The number of Topliss-reactive ketones (excluding diaryl/α,β-unsaturated/α-hetero) is 1. The normalized spacial score (nSPS) is 12.4. The fraction of sp³-hybridized carbons (Fsp3) is 0.240. The molecule has 32 nitrogen and oxygen atoms in total. The fourth-order valence-corrected chi connectivity index (χ4v) is 11.5. The molecule has 0 bridgehead atoms. The Morgan fingerprint density at radius 2 is 1.04 bits per heavy atom. The number of carbonyl (C=O) groups is 6. The molecule has 1 atom stereocenters. The monoisotopic (exact) mass is 1440 g/mol. The Kier molecular flexibility index (Phi) is 22.7. The van der Waals surface area contributed by atoms with Crippen LogP contribution in [0.15, 0.2) is 170 Å². The number of benzene rings is 4. The van der Waals surface area contributed by atoms with Crippen LogP contribution in [0.1, 0.15) is 90.9 Å². The van der Waals surface area contributed by atoms with Crippen LogP contribution in [0.2, 0.25) is 0 Å². The summed E-state index contributed by atoms with van der Waals surface area (Å²) in [5.74, 6) is 1.54. The summed E-state index contributed by atoms with van der Waals surface area (Å²) in [6.07, 6.45) is 15.0. The van der Waals surface area contributed by atoms with Crippen molar-refractivity contribution in [3.63, 3.8) is 0 Å². The number of nitrogens with zero attached hydrogens (tertiary/aromatic N) is 15. The van der Waals surface area contributed by atoms with Gasteiger partial charge in [-0.3, -0.25) is 40.1 Å². The number of amides is 5. The highest BCUT2D eigenvalue weighted by atomic mass is 16.6. The standard InChI is InChI=1S/C27H29N7O4.C26H24N8O3.C22H23N7O3/c1-4-38-27(37)31-26-29-22-14-19(17-7-8-33(3)23(35)15-17)13-20(24(22)30-26)21-6-5-18(16-28-21)25(36)34-11-9-32(2)10-12-34;1-3-37-26(36)33-25-31-20-13-18(12-19(22(20)32-25)23-27-10-7-11-28-23)34-14-21(29-15-34)24(35)30-16(2)17-8-5-4-6-9-17;1-4-32-22(31)28-21-26-16-10-14(29-11-17(25-12-29)18(30)8-13(2)3)9-15(19(16)27-21)20-23-6-5-7-24-20/h5-8,13-16H,4,9-12H2,1-3H3,(H2,29,30,31,37);4-16H,3H2,1-2H3,(H,30,35)(H2,31,32,33,36);5-7,9-13H,4,8H2,1-3H3,(H2,26,27,28,31)/t;16-;/m.0./s1. The van der Waals surface area contributed by atoms with E-state index < -0.39 is 18.3 Å². The number of aromatic amines is 3. The van der Waals surface area contributed by atoms with E-state index in [-0.39, 0.29) is 78.5 Å². The number of pyridine rings is 2. The molecule has 0 spiro atoms. The second-order valence-corrected chi connectivity index (χ2v) is 25.0. The van der Waals surface area contributed by atoms with E-state index in [0.29, 0.717) is 104 Å². The number of H-pyrrole nitrogens is 3. The summed E-state index contributed by atoms with van der Waals surface area (Å²) >= 11 is 0. The zero-order valence-corrected chi connectivity index (χ0v) is 59.7. The summed E-state index contributed by atoms with van der Waals surface area (Å²) in [4.78, 5) is 144. The molecule has 0 radical (unpaired) electrons. The van der Waals surface area contributed by atoms with Crippen LogP contribution in [0.3, 0.4) is 0 Å².